The van der Waals surface area contributed by atoms with Crippen molar-refractivity contribution >= 4 is 47.2 Å². The lowest BCUT2D eigenvalue weighted by atomic mass is 10.0. The largest absolute Gasteiger partial charge is 0.338 e. The van der Waals surface area contributed by atoms with Gasteiger partial charge in [0.05, 0.1) is 11.9 Å². The van der Waals surface area contributed by atoms with Crippen molar-refractivity contribution in [3.05, 3.63) is 64.1 Å². The smallest absolute Gasteiger partial charge is 0.229 e. The first-order valence-electron chi connectivity index (χ1n) is 10.7. The van der Waals surface area contributed by atoms with Crippen LogP contribution in [-0.4, -0.2) is 23.3 Å². The van der Waals surface area contributed by atoms with Crippen molar-refractivity contribution in [2.24, 2.45) is 0 Å². The van der Waals surface area contributed by atoms with Crippen molar-refractivity contribution in [2.45, 2.75) is 39.0 Å². The van der Waals surface area contributed by atoms with E-state index in [-0.39, 0.29) is 0 Å². The molecule has 0 spiro atoms. The van der Waals surface area contributed by atoms with Gasteiger partial charge in [-0.3, -0.25) is 0 Å². The maximum Gasteiger partial charge on any atom is 0.229 e. The standard InChI is InChI=1S/C24H27ClFN4OP/c1-15-11-21(22(13-20(15)26)32(2,3)31)29-23-19(25)14-27-24(30-23)28-18-10-9-16-7-5-4-6-8-17(16)12-18/h9-14H,4-8H2,1-3H3,(H2,27,28,29,30). The number of aromatic nitrogens is 2. The maximum atomic E-state index is 14.1. The SMILES string of the molecule is Cc1cc(Nc2nc(Nc3ccc4c(c3)CCCCC4)ncc2Cl)c(P(C)(C)=O)cc1F. The van der Waals surface area contributed by atoms with E-state index in [0.29, 0.717) is 33.3 Å². The monoisotopic (exact) mass is 472 g/mol. The first-order chi connectivity index (χ1) is 15.2. The van der Waals surface area contributed by atoms with E-state index >= 15 is 0 Å². The molecule has 5 nitrogen and oxygen atoms in total. The fraction of sp³-hybridized carbons (Fsp3) is 0.333. The van der Waals surface area contributed by atoms with Gasteiger partial charge in [0.2, 0.25) is 5.95 Å². The lowest BCUT2D eigenvalue weighted by Crippen LogP contribution is -2.13. The minimum atomic E-state index is -2.74. The molecule has 0 fully saturated rings. The molecule has 0 aliphatic heterocycles. The summed E-state index contributed by atoms with van der Waals surface area (Å²) in [6.45, 7) is 4.87. The minimum absolute atomic E-state index is 0.312. The molecular weight excluding hydrogens is 446 g/mol. The Kier molecular flexibility index (Phi) is 6.55. The summed E-state index contributed by atoms with van der Waals surface area (Å²) in [5.74, 6) is 0.357. The molecule has 0 bridgehead atoms. The van der Waals surface area contributed by atoms with Crippen LogP contribution in [0.2, 0.25) is 5.02 Å². The Morgan fingerprint density at radius 1 is 1.03 bits per heavy atom. The third-order valence-electron chi connectivity index (χ3n) is 5.71. The molecule has 4 rings (SSSR count). The molecule has 0 saturated heterocycles. The van der Waals surface area contributed by atoms with Gasteiger partial charge in [0.1, 0.15) is 18.0 Å². The zero-order valence-corrected chi connectivity index (χ0v) is 20.2. The molecular formula is C24H27ClFN4OP. The van der Waals surface area contributed by atoms with Gasteiger partial charge >= 0.3 is 0 Å². The maximum absolute atomic E-state index is 14.1. The van der Waals surface area contributed by atoms with Gasteiger partial charge in [0.25, 0.3) is 0 Å². The number of hydrogen-bond acceptors (Lipinski definition) is 5. The highest BCUT2D eigenvalue weighted by atomic mass is 35.5. The second-order valence-electron chi connectivity index (χ2n) is 8.65. The first-order valence-corrected chi connectivity index (χ1v) is 13.7. The molecule has 0 saturated carbocycles. The number of rotatable bonds is 5. The molecule has 2 aromatic carbocycles. The fourth-order valence-corrected chi connectivity index (χ4v) is 5.24. The van der Waals surface area contributed by atoms with Gasteiger partial charge in [-0.05, 0) is 86.9 Å². The lowest BCUT2D eigenvalue weighted by molar-refractivity contribution is 0.587. The zero-order chi connectivity index (χ0) is 22.9. The number of nitrogens with zero attached hydrogens (tertiary/aromatic N) is 2. The molecule has 0 atom stereocenters. The van der Waals surface area contributed by atoms with Crippen molar-refractivity contribution < 1.29 is 8.96 Å². The summed E-state index contributed by atoms with van der Waals surface area (Å²) in [5, 5.41) is 7.12. The number of hydrogen-bond donors (Lipinski definition) is 2. The molecule has 168 valence electrons. The summed E-state index contributed by atoms with van der Waals surface area (Å²) in [4.78, 5) is 8.82. The number of benzene rings is 2. The minimum Gasteiger partial charge on any atom is -0.338 e. The number of aryl methyl sites for hydroxylation is 3. The van der Waals surface area contributed by atoms with Crippen LogP contribution in [-0.2, 0) is 17.4 Å². The average Bonchev–Trinajstić information content (AvgIpc) is 2.97. The molecule has 0 amide bonds. The predicted molar refractivity (Wildman–Crippen MR) is 132 cm³/mol. The highest BCUT2D eigenvalue weighted by molar-refractivity contribution is 7.70. The Bertz CT molecular complexity index is 1210. The fourth-order valence-electron chi connectivity index (χ4n) is 3.98. The summed E-state index contributed by atoms with van der Waals surface area (Å²) in [6, 6.07) is 9.33. The highest BCUT2D eigenvalue weighted by Gasteiger charge is 2.20. The first kappa shape index (κ1) is 22.8. The Labute approximate surface area is 193 Å². The predicted octanol–water partition coefficient (Wildman–Crippen LogP) is 6.58. The van der Waals surface area contributed by atoms with Gasteiger partial charge in [0.15, 0.2) is 5.82 Å². The van der Waals surface area contributed by atoms with Gasteiger partial charge in [-0.15, -0.1) is 0 Å². The Morgan fingerprint density at radius 3 is 2.53 bits per heavy atom. The van der Waals surface area contributed by atoms with Crippen LogP contribution in [0.4, 0.5) is 27.5 Å². The van der Waals surface area contributed by atoms with Crippen molar-refractivity contribution in [1.29, 1.82) is 0 Å². The summed E-state index contributed by atoms with van der Waals surface area (Å²) in [5.41, 5.74) is 4.67. The van der Waals surface area contributed by atoms with Crippen LogP contribution in [0.5, 0.6) is 0 Å². The van der Waals surface area contributed by atoms with Crippen molar-refractivity contribution in [3.63, 3.8) is 0 Å². The van der Waals surface area contributed by atoms with Gasteiger partial charge in [-0.2, -0.15) is 4.98 Å². The normalized spacial score (nSPS) is 13.9. The number of fused-ring (bicyclic) bond motifs is 1. The molecule has 3 aromatic rings. The molecule has 2 N–H and O–H groups in total. The molecule has 1 aliphatic carbocycles. The summed E-state index contributed by atoms with van der Waals surface area (Å²) >= 11 is 6.34. The molecule has 1 aliphatic rings. The van der Waals surface area contributed by atoms with Crippen molar-refractivity contribution in [3.8, 4) is 0 Å². The van der Waals surface area contributed by atoms with E-state index in [1.165, 1.54) is 42.7 Å². The van der Waals surface area contributed by atoms with Crippen LogP contribution in [0, 0.1) is 12.7 Å². The van der Waals surface area contributed by atoms with Crippen LogP contribution in [0.15, 0.2) is 36.5 Å². The van der Waals surface area contributed by atoms with E-state index < -0.39 is 13.0 Å². The second kappa shape index (κ2) is 9.21. The molecule has 1 aromatic heterocycles. The van der Waals surface area contributed by atoms with E-state index in [1.807, 2.05) is 6.07 Å². The average molecular weight is 473 g/mol. The Hall–Kier alpha value is -2.43. The van der Waals surface area contributed by atoms with Crippen LogP contribution in [0.3, 0.4) is 0 Å². The second-order valence-corrected chi connectivity index (χ2v) is 12.2. The summed E-state index contributed by atoms with van der Waals surface area (Å²) < 4.78 is 26.9. The van der Waals surface area contributed by atoms with Crippen molar-refractivity contribution in [2.75, 3.05) is 24.0 Å². The van der Waals surface area contributed by atoms with E-state index in [2.05, 4.69) is 32.7 Å². The number of nitrogens with one attached hydrogen (secondary N) is 2. The molecule has 0 radical (unpaired) electrons. The lowest BCUT2D eigenvalue weighted by Gasteiger charge is -2.17. The van der Waals surface area contributed by atoms with Crippen LogP contribution < -0.4 is 15.9 Å². The van der Waals surface area contributed by atoms with E-state index in [9.17, 15) is 8.96 Å². The van der Waals surface area contributed by atoms with Crippen LogP contribution >= 0.6 is 18.7 Å². The molecule has 32 heavy (non-hydrogen) atoms. The molecule has 1 heterocycles. The third kappa shape index (κ3) is 5.13. The van der Waals surface area contributed by atoms with E-state index in [0.717, 1.165) is 18.5 Å². The summed E-state index contributed by atoms with van der Waals surface area (Å²) in [6.07, 6.45) is 7.43. The van der Waals surface area contributed by atoms with Gasteiger partial charge in [-0.1, -0.05) is 24.1 Å². The molecule has 8 heteroatoms. The van der Waals surface area contributed by atoms with Crippen LogP contribution in [0.1, 0.15) is 36.0 Å². The Morgan fingerprint density at radius 2 is 1.78 bits per heavy atom. The Balaban J connectivity index is 1.63. The highest BCUT2D eigenvalue weighted by Crippen LogP contribution is 2.39. The van der Waals surface area contributed by atoms with Gasteiger partial charge in [-0.25, -0.2) is 9.37 Å². The number of halogens is 2. The quantitative estimate of drug-likeness (QED) is 0.324. The van der Waals surface area contributed by atoms with Gasteiger partial charge in [0, 0.05) is 11.0 Å². The van der Waals surface area contributed by atoms with Gasteiger partial charge < -0.3 is 15.2 Å². The van der Waals surface area contributed by atoms with Crippen molar-refractivity contribution in [1.82, 2.24) is 9.97 Å². The van der Waals surface area contributed by atoms with Crippen LogP contribution in [0.25, 0.3) is 0 Å². The summed E-state index contributed by atoms with van der Waals surface area (Å²) in [7, 11) is -2.74. The third-order valence-corrected chi connectivity index (χ3v) is 7.52. The topological polar surface area (TPSA) is 66.9 Å². The van der Waals surface area contributed by atoms with E-state index in [1.54, 1.807) is 26.3 Å². The zero-order valence-electron chi connectivity index (χ0n) is 18.5. The van der Waals surface area contributed by atoms with E-state index in [4.69, 9.17) is 11.6 Å². The molecule has 0 unspecified atom stereocenters. The number of anilines is 4.